The molecule has 0 aromatic rings. The van der Waals surface area contributed by atoms with Crippen LogP contribution in [-0.2, 0) is 24.0 Å². The molecule has 0 unspecified atom stereocenters. The molecule has 7 N–H and O–H groups in total. The van der Waals surface area contributed by atoms with Crippen molar-refractivity contribution in [1.29, 1.82) is 0 Å². The van der Waals surface area contributed by atoms with Crippen LogP contribution in [0, 0.1) is 17.8 Å². The second-order valence-electron chi connectivity index (χ2n) is 9.15. The number of rotatable bonds is 14. The number of carboxylic acid groups (broad SMARTS) is 2. The number of carboxylic acids is 2. The van der Waals surface area contributed by atoms with Crippen LogP contribution in [0.1, 0.15) is 60.8 Å². The Morgan fingerprint density at radius 3 is 1.47 bits per heavy atom. The van der Waals surface area contributed by atoms with Crippen LogP contribution in [0.4, 0.5) is 0 Å². The van der Waals surface area contributed by atoms with Crippen molar-refractivity contribution in [3.05, 3.63) is 0 Å². The maximum atomic E-state index is 12.9. The number of carbonyl (C=O) groups excluding carboxylic acids is 3. The first-order valence-electron chi connectivity index (χ1n) is 10.8. The van der Waals surface area contributed by atoms with Crippen molar-refractivity contribution in [1.82, 2.24) is 16.0 Å². The molecule has 184 valence electrons. The van der Waals surface area contributed by atoms with Crippen molar-refractivity contribution < 1.29 is 34.2 Å². The molecule has 4 atom stereocenters. The van der Waals surface area contributed by atoms with Crippen LogP contribution in [0.25, 0.3) is 0 Å². The third-order valence-corrected chi connectivity index (χ3v) is 4.64. The van der Waals surface area contributed by atoms with Gasteiger partial charge in [0, 0.05) is 0 Å². The zero-order valence-electron chi connectivity index (χ0n) is 19.7. The van der Waals surface area contributed by atoms with Gasteiger partial charge in [-0.05, 0) is 30.6 Å². The molecule has 0 saturated heterocycles. The summed E-state index contributed by atoms with van der Waals surface area (Å²) in [6.45, 7) is 10.7. The zero-order valence-corrected chi connectivity index (χ0v) is 19.7. The van der Waals surface area contributed by atoms with Gasteiger partial charge in [0.1, 0.15) is 18.1 Å². The number of nitrogens with two attached hydrogens (primary N) is 1. The quantitative estimate of drug-likeness (QED) is 0.211. The summed E-state index contributed by atoms with van der Waals surface area (Å²) in [4.78, 5) is 60.2. The summed E-state index contributed by atoms with van der Waals surface area (Å²) in [5.41, 5.74) is 5.58. The number of amides is 3. The van der Waals surface area contributed by atoms with Crippen molar-refractivity contribution in [2.24, 2.45) is 23.5 Å². The van der Waals surface area contributed by atoms with Crippen molar-refractivity contribution in [3.8, 4) is 0 Å². The van der Waals surface area contributed by atoms with E-state index in [9.17, 15) is 29.1 Å². The van der Waals surface area contributed by atoms with Crippen molar-refractivity contribution in [2.45, 2.75) is 85.0 Å². The molecule has 0 fully saturated rings. The van der Waals surface area contributed by atoms with E-state index in [-0.39, 0.29) is 30.6 Å². The first kappa shape index (κ1) is 29.3. The lowest BCUT2D eigenvalue weighted by atomic mass is 9.98. The molecule has 0 radical (unpaired) electrons. The Labute approximate surface area is 188 Å². The normalized spacial score (nSPS) is 15.1. The molecule has 0 aliphatic heterocycles. The van der Waals surface area contributed by atoms with Gasteiger partial charge in [0.05, 0.1) is 12.5 Å². The lowest BCUT2D eigenvalue weighted by Gasteiger charge is -2.27. The molecule has 0 aliphatic rings. The molecule has 0 rings (SSSR count). The highest BCUT2D eigenvalue weighted by atomic mass is 16.4. The molecule has 0 aromatic heterocycles. The van der Waals surface area contributed by atoms with Crippen LogP contribution in [0.5, 0.6) is 0 Å². The molecule has 0 bridgehead atoms. The standard InChI is InChI=1S/C21H38N4O7/c1-10(2)7-14(23-18(28)13(22)9-16(26)27)19(29)24-15(8-11(3)4)20(30)25-17(12(5)6)21(31)32/h10-15,17H,7-9,22H2,1-6H3,(H,23,28)(H,24,29)(H,25,30)(H,26,27)(H,31,32)/t13-,14-,15-,17-/m0/s1. The number of carbonyl (C=O) groups is 5. The number of hydrogen-bond acceptors (Lipinski definition) is 6. The fourth-order valence-electron chi connectivity index (χ4n) is 3.01. The van der Waals surface area contributed by atoms with E-state index < -0.39 is 60.2 Å². The van der Waals surface area contributed by atoms with Gasteiger partial charge in [-0.1, -0.05) is 41.5 Å². The van der Waals surface area contributed by atoms with Gasteiger partial charge in [-0.2, -0.15) is 0 Å². The fourth-order valence-corrected chi connectivity index (χ4v) is 3.01. The molecule has 11 heteroatoms. The molecule has 3 amide bonds. The summed E-state index contributed by atoms with van der Waals surface area (Å²) in [6, 6.07) is -4.49. The molecule has 0 spiro atoms. The van der Waals surface area contributed by atoms with E-state index in [1.807, 2.05) is 27.7 Å². The van der Waals surface area contributed by atoms with Crippen LogP contribution < -0.4 is 21.7 Å². The summed E-state index contributed by atoms with van der Waals surface area (Å²) >= 11 is 0. The van der Waals surface area contributed by atoms with Gasteiger partial charge in [0.25, 0.3) is 0 Å². The highest BCUT2D eigenvalue weighted by Gasteiger charge is 2.32. The third-order valence-electron chi connectivity index (χ3n) is 4.64. The molecular weight excluding hydrogens is 420 g/mol. The van der Waals surface area contributed by atoms with Gasteiger partial charge in [-0.25, -0.2) is 4.79 Å². The fraction of sp³-hybridized carbons (Fsp3) is 0.762. The number of hydrogen-bond donors (Lipinski definition) is 6. The Morgan fingerprint density at radius 2 is 1.12 bits per heavy atom. The Morgan fingerprint density at radius 1 is 0.719 bits per heavy atom. The van der Waals surface area contributed by atoms with E-state index in [1.54, 1.807) is 13.8 Å². The van der Waals surface area contributed by atoms with Gasteiger partial charge in [0.15, 0.2) is 0 Å². The maximum absolute atomic E-state index is 12.9. The van der Waals surface area contributed by atoms with E-state index in [2.05, 4.69) is 16.0 Å². The highest BCUT2D eigenvalue weighted by molar-refractivity contribution is 5.94. The van der Waals surface area contributed by atoms with Gasteiger partial charge >= 0.3 is 11.9 Å². The van der Waals surface area contributed by atoms with E-state index >= 15 is 0 Å². The van der Waals surface area contributed by atoms with E-state index in [0.29, 0.717) is 0 Å². The summed E-state index contributed by atoms with van der Waals surface area (Å²) in [6.07, 6.45) is -0.105. The van der Waals surface area contributed by atoms with Gasteiger partial charge in [-0.3, -0.25) is 19.2 Å². The molecule has 32 heavy (non-hydrogen) atoms. The van der Waals surface area contributed by atoms with E-state index in [0.717, 1.165) is 0 Å². The van der Waals surface area contributed by atoms with E-state index in [4.69, 9.17) is 10.8 Å². The van der Waals surface area contributed by atoms with Crippen LogP contribution in [0.2, 0.25) is 0 Å². The molecule has 0 saturated carbocycles. The second kappa shape index (κ2) is 13.7. The third kappa shape index (κ3) is 11.1. The second-order valence-corrected chi connectivity index (χ2v) is 9.15. The lowest BCUT2D eigenvalue weighted by Crippen LogP contribution is -2.58. The minimum absolute atomic E-state index is 0.00328. The number of aliphatic carboxylic acids is 2. The predicted molar refractivity (Wildman–Crippen MR) is 117 cm³/mol. The Kier molecular flexibility index (Phi) is 12.5. The average molecular weight is 459 g/mol. The van der Waals surface area contributed by atoms with Crippen LogP contribution in [-0.4, -0.2) is 64.0 Å². The Hall–Kier alpha value is -2.69. The molecule has 11 nitrogen and oxygen atoms in total. The zero-order chi connectivity index (χ0) is 25.2. The largest absolute Gasteiger partial charge is 0.481 e. The molecular formula is C21H38N4O7. The van der Waals surface area contributed by atoms with Gasteiger partial charge in [-0.15, -0.1) is 0 Å². The van der Waals surface area contributed by atoms with E-state index in [1.165, 1.54) is 0 Å². The smallest absolute Gasteiger partial charge is 0.326 e. The van der Waals surface area contributed by atoms with Crippen molar-refractivity contribution in [3.63, 3.8) is 0 Å². The Bertz CT molecular complexity index is 679. The van der Waals surface area contributed by atoms with Gasteiger partial charge in [0.2, 0.25) is 17.7 Å². The topological polar surface area (TPSA) is 188 Å². The summed E-state index contributed by atoms with van der Waals surface area (Å²) in [5, 5.41) is 25.7. The predicted octanol–water partition coefficient (Wildman–Crippen LogP) is 0.0756. The van der Waals surface area contributed by atoms with Crippen LogP contribution in [0.3, 0.4) is 0 Å². The molecule has 0 aliphatic carbocycles. The number of nitrogens with one attached hydrogen (secondary N) is 3. The minimum Gasteiger partial charge on any atom is -0.481 e. The SMILES string of the molecule is CC(C)C[C@H](NC(=O)[C@H](CC(C)C)NC(=O)[C@@H](N)CC(=O)O)C(=O)N[C@H](C(=O)O)C(C)C. The summed E-state index contributed by atoms with van der Waals surface area (Å²) < 4.78 is 0. The van der Waals surface area contributed by atoms with Crippen molar-refractivity contribution >= 4 is 29.7 Å². The average Bonchev–Trinajstić information content (AvgIpc) is 2.62. The lowest BCUT2D eigenvalue weighted by molar-refractivity contribution is -0.143. The Balaban J connectivity index is 5.51. The first-order chi connectivity index (χ1) is 14.6. The van der Waals surface area contributed by atoms with Crippen LogP contribution in [0.15, 0.2) is 0 Å². The van der Waals surface area contributed by atoms with Crippen LogP contribution >= 0.6 is 0 Å². The minimum atomic E-state index is -1.33. The van der Waals surface area contributed by atoms with Crippen molar-refractivity contribution in [2.75, 3.05) is 0 Å². The monoisotopic (exact) mass is 458 g/mol. The first-order valence-corrected chi connectivity index (χ1v) is 10.8. The maximum Gasteiger partial charge on any atom is 0.326 e. The molecule has 0 heterocycles. The molecule has 0 aromatic carbocycles. The van der Waals surface area contributed by atoms with Gasteiger partial charge < -0.3 is 31.9 Å². The summed E-state index contributed by atoms with van der Waals surface area (Å²) in [7, 11) is 0. The highest BCUT2D eigenvalue weighted by Crippen LogP contribution is 2.11. The summed E-state index contributed by atoms with van der Waals surface area (Å²) in [5.74, 6) is -4.84.